The van der Waals surface area contributed by atoms with Crippen molar-refractivity contribution < 1.29 is 9.53 Å². The molecule has 0 heterocycles. The fourth-order valence-corrected chi connectivity index (χ4v) is 1.93. The van der Waals surface area contributed by atoms with E-state index in [2.05, 4.69) is 21.2 Å². The first-order valence-corrected chi connectivity index (χ1v) is 5.63. The van der Waals surface area contributed by atoms with E-state index in [4.69, 9.17) is 4.74 Å². The molecule has 0 aliphatic rings. The van der Waals surface area contributed by atoms with Gasteiger partial charge in [-0.15, -0.1) is 0 Å². The summed E-state index contributed by atoms with van der Waals surface area (Å²) in [7, 11) is 4.98. The lowest BCUT2D eigenvalue weighted by atomic mass is 10.2. The van der Waals surface area contributed by atoms with Crippen molar-refractivity contribution in [3.8, 4) is 5.75 Å². The van der Waals surface area contributed by atoms with Crippen LogP contribution < -0.4 is 10.1 Å². The summed E-state index contributed by atoms with van der Waals surface area (Å²) in [4.78, 5) is 12.9. The van der Waals surface area contributed by atoms with Gasteiger partial charge in [-0.1, -0.05) is 6.07 Å². The quantitative estimate of drug-likeness (QED) is 0.926. The highest BCUT2D eigenvalue weighted by molar-refractivity contribution is 9.10. The highest BCUT2D eigenvalue weighted by Gasteiger charge is 2.08. The van der Waals surface area contributed by atoms with Crippen LogP contribution >= 0.6 is 15.9 Å². The Morgan fingerprint density at radius 3 is 2.75 bits per heavy atom. The van der Waals surface area contributed by atoms with Gasteiger partial charge in [-0.2, -0.15) is 0 Å². The van der Waals surface area contributed by atoms with Crippen molar-refractivity contribution in [3.63, 3.8) is 0 Å². The SMILES string of the molecule is CNC(=O)N(C)Cc1ccc(OC)c(Br)c1. The van der Waals surface area contributed by atoms with Crippen molar-refractivity contribution in [2.24, 2.45) is 0 Å². The third-order valence-corrected chi connectivity index (χ3v) is 2.82. The summed E-state index contributed by atoms with van der Waals surface area (Å²) in [6.07, 6.45) is 0. The molecule has 1 aromatic carbocycles. The second-order valence-electron chi connectivity index (χ2n) is 3.38. The number of nitrogens with zero attached hydrogens (tertiary/aromatic N) is 1. The summed E-state index contributed by atoms with van der Waals surface area (Å²) in [5, 5.41) is 2.57. The lowest BCUT2D eigenvalue weighted by Gasteiger charge is -2.17. The number of hydrogen-bond donors (Lipinski definition) is 1. The van der Waals surface area contributed by atoms with E-state index in [0.717, 1.165) is 15.8 Å². The van der Waals surface area contributed by atoms with E-state index in [0.29, 0.717) is 6.54 Å². The molecule has 88 valence electrons. The standard InChI is InChI=1S/C11H15BrN2O2/c1-13-11(15)14(2)7-8-4-5-10(16-3)9(12)6-8/h4-6H,7H2,1-3H3,(H,13,15). The molecule has 16 heavy (non-hydrogen) atoms. The van der Waals surface area contributed by atoms with E-state index in [1.54, 1.807) is 26.1 Å². The molecule has 4 nitrogen and oxygen atoms in total. The molecule has 0 saturated carbocycles. The molecular weight excluding hydrogens is 272 g/mol. The highest BCUT2D eigenvalue weighted by Crippen LogP contribution is 2.25. The predicted octanol–water partition coefficient (Wildman–Crippen LogP) is 2.23. The van der Waals surface area contributed by atoms with Crippen LogP contribution in [0.4, 0.5) is 4.79 Å². The highest BCUT2D eigenvalue weighted by atomic mass is 79.9. The van der Waals surface area contributed by atoms with Crippen LogP contribution in [0.25, 0.3) is 0 Å². The lowest BCUT2D eigenvalue weighted by Crippen LogP contribution is -2.34. The van der Waals surface area contributed by atoms with E-state index in [9.17, 15) is 4.79 Å². The largest absolute Gasteiger partial charge is 0.496 e. The van der Waals surface area contributed by atoms with Crippen LogP contribution in [0.5, 0.6) is 5.75 Å². The maximum Gasteiger partial charge on any atom is 0.317 e. The number of rotatable bonds is 3. The van der Waals surface area contributed by atoms with Gasteiger partial charge in [0, 0.05) is 20.6 Å². The van der Waals surface area contributed by atoms with E-state index in [1.165, 1.54) is 0 Å². The fraction of sp³-hybridized carbons (Fsp3) is 0.364. The molecule has 0 aliphatic carbocycles. The zero-order valence-corrected chi connectivity index (χ0v) is 11.2. The van der Waals surface area contributed by atoms with Crippen LogP contribution in [0.3, 0.4) is 0 Å². The third kappa shape index (κ3) is 3.13. The minimum atomic E-state index is -0.105. The molecule has 0 radical (unpaired) electrons. The number of carbonyl (C=O) groups is 1. The Morgan fingerprint density at radius 2 is 2.25 bits per heavy atom. The van der Waals surface area contributed by atoms with E-state index in [-0.39, 0.29) is 6.03 Å². The molecule has 0 aromatic heterocycles. The van der Waals surface area contributed by atoms with Crippen LogP contribution in [0.1, 0.15) is 5.56 Å². The zero-order chi connectivity index (χ0) is 12.1. The van der Waals surface area contributed by atoms with Crippen LogP contribution in [-0.4, -0.2) is 32.1 Å². The molecule has 1 N–H and O–H groups in total. The van der Waals surface area contributed by atoms with Crippen LogP contribution in [0.15, 0.2) is 22.7 Å². The number of ether oxygens (including phenoxy) is 1. The van der Waals surface area contributed by atoms with Gasteiger partial charge in [0.25, 0.3) is 0 Å². The molecule has 1 aromatic rings. The Balaban J connectivity index is 2.75. The predicted molar refractivity (Wildman–Crippen MR) is 66.6 cm³/mol. The van der Waals surface area contributed by atoms with Crippen molar-refractivity contribution in [2.75, 3.05) is 21.2 Å². The summed E-state index contributed by atoms with van der Waals surface area (Å²) in [5.74, 6) is 0.784. The molecule has 0 aliphatic heterocycles. The van der Waals surface area contributed by atoms with Gasteiger partial charge in [-0.05, 0) is 33.6 Å². The molecule has 0 atom stereocenters. The van der Waals surface area contributed by atoms with Gasteiger partial charge < -0.3 is 15.0 Å². The average Bonchev–Trinajstić information content (AvgIpc) is 2.28. The zero-order valence-electron chi connectivity index (χ0n) is 9.58. The van der Waals surface area contributed by atoms with Crippen molar-refractivity contribution in [2.45, 2.75) is 6.54 Å². The number of carbonyl (C=O) groups excluding carboxylic acids is 1. The normalized spacial score (nSPS) is 9.75. The number of nitrogens with one attached hydrogen (secondary N) is 1. The van der Waals surface area contributed by atoms with Gasteiger partial charge in [0.2, 0.25) is 0 Å². The van der Waals surface area contributed by atoms with Crippen molar-refractivity contribution in [3.05, 3.63) is 28.2 Å². The van der Waals surface area contributed by atoms with Gasteiger partial charge in [0.1, 0.15) is 5.75 Å². The van der Waals surface area contributed by atoms with Gasteiger partial charge in [-0.3, -0.25) is 0 Å². The smallest absolute Gasteiger partial charge is 0.317 e. The van der Waals surface area contributed by atoms with Gasteiger partial charge in [0.05, 0.1) is 11.6 Å². The Kier molecular flexibility index (Phi) is 4.61. The average molecular weight is 287 g/mol. The van der Waals surface area contributed by atoms with Crippen LogP contribution in [0.2, 0.25) is 0 Å². The van der Waals surface area contributed by atoms with Crippen LogP contribution in [0, 0.1) is 0 Å². The van der Waals surface area contributed by atoms with E-state index >= 15 is 0 Å². The van der Waals surface area contributed by atoms with Gasteiger partial charge in [0.15, 0.2) is 0 Å². The van der Waals surface area contributed by atoms with E-state index < -0.39 is 0 Å². The molecule has 0 unspecified atom stereocenters. The van der Waals surface area contributed by atoms with E-state index in [1.807, 2.05) is 18.2 Å². The minimum Gasteiger partial charge on any atom is -0.496 e. The van der Waals surface area contributed by atoms with Crippen molar-refractivity contribution >= 4 is 22.0 Å². The molecular formula is C11H15BrN2O2. The fourth-order valence-electron chi connectivity index (χ4n) is 1.34. The first-order chi connectivity index (χ1) is 7.58. The summed E-state index contributed by atoms with van der Waals surface area (Å²) >= 11 is 3.41. The molecule has 0 bridgehead atoms. The Morgan fingerprint density at radius 1 is 1.56 bits per heavy atom. The first kappa shape index (κ1) is 12.8. The molecule has 0 saturated heterocycles. The summed E-state index contributed by atoms with van der Waals surface area (Å²) in [5.41, 5.74) is 1.04. The molecule has 2 amide bonds. The Hall–Kier alpha value is -1.23. The number of benzene rings is 1. The third-order valence-electron chi connectivity index (χ3n) is 2.20. The monoisotopic (exact) mass is 286 g/mol. The second-order valence-corrected chi connectivity index (χ2v) is 4.23. The summed E-state index contributed by atoms with van der Waals surface area (Å²) in [6, 6.07) is 5.64. The first-order valence-electron chi connectivity index (χ1n) is 4.83. The Labute approximate surface area is 104 Å². The molecule has 1 rings (SSSR count). The maximum atomic E-state index is 11.3. The number of hydrogen-bond acceptors (Lipinski definition) is 2. The van der Waals surface area contributed by atoms with Gasteiger partial charge in [-0.25, -0.2) is 4.79 Å². The van der Waals surface area contributed by atoms with Gasteiger partial charge >= 0.3 is 6.03 Å². The Bertz CT molecular complexity index is 382. The number of urea groups is 1. The lowest BCUT2D eigenvalue weighted by molar-refractivity contribution is 0.209. The summed E-state index contributed by atoms with van der Waals surface area (Å²) in [6.45, 7) is 0.558. The van der Waals surface area contributed by atoms with Crippen molar-refractivity contribution in [1.29, 1.82) is 0 Å². The number of halogens is 1. The number of amides is 2. The molecule has 5 heteroatoms. The van der Waals surface area contributed by atoms with Crippen molar-refractivity contribution in [1.82, 2.24) is 10.2 Å². The minimum absolute atomic E-state index is 0.105. The second kappa shape index (κ2) is 5.75. The number of methoxy groups -OCH3 is 1. The topological polar surface area (TPSA) is 41.6 Å². The maximum absolute atomic E-state index is 11.3. The van der Waals surface area contributed by atoms with Crippen LogP contribution in [-0.2, 0) is 6.54 Å². The molecule has 0 fully saturated rings. The molecule has 0 spiro atoms. The summed E-state index contributed by atoms with van der Waals surface area (Å²) < 4.78 is 6.02.